The lowest BCUT2D eigenvalue weighted by atomic mass is 10.3. The number of nitrogens with two attached hydrogens (primary N) is 1. The number of rotatable bonds is 1. The molecule has 1 rings (SSSR count). The van der Waals surface area contributed by atoms with Crippen molar-refractivity contribution in [3.8, 4) is 0 Å². The van der Waals surface area contributed by atoms with E-state index in [9.17, 15) is 0 Å². The van der Waals surface area contributed by atoms with E-state index in [4.69, 9.17) is 10.3 Å². The Kier molecular flexibility index (Phi) is 2.82. The number of anilines is 1. The van der Waals surface area contributed by atoms with E-state index in [1.165, 1.54) is 0 Å². The van der Waals surface area contributed by atoms with E-state index in [2.05, 4.69) is 22.6 Å². The lowest BCUT2D eigenvalue weighted by Gasteiger charge is -1.99. The Morgan fingerprint density at radius 3 is 2.70 bits per heavy atom. The predicted molar refractivity (Wildman–Crippen MR) is 52.1 cm³/mol. The zero-order valence-electron chi connectivity index (χ0n) is 5.04. The zero-order chi connectivity index (χ0) is 7.56. The molecule has 0 spiro atoms. The van der Waals surface area contributed by atoms with Crippen LogP contribution in [0.15, 0.2) is 23.1 Å². The van der Waals surface area contributed by atoms with Crippen LogP contribution in [-0.2, 0) is 0 Å². The van der Waals surface area contributed by atoms with Crippen molar-refractivity contribution in [1.82, 2.24) is 0 Å². The fraction of sp³-hybridized carbons (Fsp3) is 0. The highest BCUT2D eigenvalue weighted by Gasteiger charge is 1.97. The maximum Gasteiger partial charge on any atom is 0.0590 e. The van der Waals surface area contributed by atoms with Crippen molar-refractivity contribution in [2.45, 2.75) is 4.90 Å². The van der Waals surface area contributed by atoms with Gasteiger partial charge in [0.2, 0.25) is 0 Å². The van der Waals surface area contributed by atoms with Crippen molar-refractivity contribution >= 4 is 40.3 Å². The Morgan fingerprint density at radius 2 is 2.20 bits per heavy atom. The van der Waals surface area contributed by atoms with Crippen LogP contribution >= 0.6 is 34.6 Å². The van der Waals surface area contributed by atoms with E-state index in [1.54, 1.807) is 6.07 Å². The van der Waals surface area contributed by atoms with Crippen LogP contribution in [0.3, 0.4) is 0 Å². The molecule has 4 heteroatoms. The highest BCUT2D eigenvalue weighted by molar-refractivity contribution is 14.1. The van der Waals surface area contributed by atoms with Crippen molar-refractivity contribution in [3.05, 3.63) is 21.8 Å². The Bertz CT molecular complexity index is 241. The van der Waals surface area contributed by atoms with E-state index in [0.717, 1.165) is 3.57 Å². The van der Waals surface area contributed by atoms with Gasteiger partial charge in [-0.15, -0.1) is 0 Å². The average molecular weight is 267 g/mol. The standard InChI is InChI=1S/C6H6INOS/c7-4-1-2-5(8)6(3-4)10-9/h1-3,9H,8H2. The van der Waals surface area contributed by atoms with Crippen molar-refractivity contribution in [3.63, 3.8) is 0 Å². The summed E-state index contributed by atoms with van der Waals surface area (Å²) in [4.78, 5) is 0.715. The highest BCUT2D eigenvalue weighted by Crippen LogP contribution is 2.23. The third kappa shape index (κ3) is 1.77. The molecule has 0 heterocycles. The summed E-state index contributed by atoms with van der Waals surface area (Å²) in [6.45, 7) is 0. The van der Waals surface area contributed by atoms with Crippen LogP contribution < -0.4 is 5.73 Å². The second kappa shape index (κ2) is 3.45. The van der Waals surface area contributed by atoms with Crippen LogP contribution in [0.5, 0.6) is 0 Å². The van der Waals surface area contributed by atoms with Gasteiger partial charge in [-0.25, -0.2) is 0 Å². The molecule has 10 heavy (non-hydrogen) atoms. The SMILES string of the molecule is Nc1ccc(I)cc1SO. The van der Waals surface area contributed by atoms with E-state index >= 15 is 0 Å². The van der Waals surface area contributed by atoms with Gasteiger partial charge in [0, 0.05) is 21.3 Å². The molecule has 0 aliphatic heterocycles. The summed E-state index contributed by atoms with van der Waals surface area (Å²) in [5, 5.41) is 0. The molecule has 0 atom stereocenters. The molecule has 0 radical (unpaired) electrons. The minimum absolute atomic E-state index is 0.618. The summed E-state index contributed by atoms with van der Waals surface area (Å²) in [5.74, 6) is 0. The summed E-state index contributed by atoms with van der Waals surface area (Å²) in [5.41, 5.74) is 6.13. The molecular weight excluding hydrogens is 261 g/mol. The number of hydrogen-bond acceptors (Lipinski definition) is 3. The first kappa shape index (κ1) is 8.16. The topological polar surface area (TPSA) is 46.2 Å². The Morgan fingerprint density at radius 1 is 1.50 bits per heavy atom. The molecule has 0 bridgehead atoms. The van der Waals surface area contributed by atoms with Gasteiger partial charge in [-0.3, -0.25) is 0 Å². The summed E-state index contributed by atoms with van der Waals surface area (Å²) in [6, 6.07) is 5.51. The maximum atomic E-state index is 8.68. The fourth-order valence-corrected chi connectivity index (χ4v) is 1.64. The molecular formula is C6H6INOS. The molecule has 1 aromatic rings. The van der Waals surface area contributed by atoms with Crippen molar-refractivity contribution < 1.29 is 4.55 Å². The van der Waals surface area contributed by atoms with Crippen molar-refractivity contribution in [2.24, 2.45) is 0 Å². The van der Waals surface area contributed by atoms with Crippen LogP contribution in [0.1, 0.15) is 0 Å². The summed E-state index contributed by atoms with van der Waals surface area (Å²) in [6.07, 6.45) is 0. The van der Waals surface area contributed by atoms with Gasteiger partial charge in [-0.1, -0.05) is 0 Å². The number of nitrogen functional groups attached to an aromatic ring is 1. The molecule has 0 aliphatic rings. The zero-order valence-corrected chi connectivity index (χ0v) is 8.02. The monoisotopic (exact) mass is 267 g/mol. The molecule has 54 valence electrons. The lowest BCUT2D eigenvalue weighted by Crippen LogP contribution is -1.87. The van der Waals surface area contributed by atoms with Gasteiger partial charge in [-0.05, 0) is 40.8 Å². The van der Waals surface area contributed by atoms with Crippen LogP contribution in [0.25, 0.3) is 0 Å². The summed E-state index contributed by atoms with van der Waals surface area (Å²) >= 11 is 2.85. The molecule has 0 amide bonds. The van der Waals surface area contributed by atoms with Gasteiger partial charge in [0.25, 0.3) is 0 Å². The first-order valence-corrected chi connectivity index (χ1v) is 4.45. The molecule has 0 aliphatic carbocycles. The van der Waals surface area contributed by atoms with Gasteiger partial charge < -0.3 is 10.3 Å². The van der Waals surface area contributed by atoms with Crippen molar-refractivity contribution in [2.75, 3.05) is 5.73 Å². The molecule has 1 aromatic carbocycles. The minimum atomic E-state index is 0.618. The normalized spacial score (nSPS) is 9.80. The quantitative estimate of drug-likeness (QED) is 0.466. The van der Waals surface area contributed by atoms with E-state index in [1.807, 2.05) is 12.1 Å². The average Bonchev–Trinajstić information content (AvgIpc) is 1.94. The predicted octanol–water partition coefficient (Wildman–Crippen LogP) is 2.44. The number of halogens is 1. The molecule has 2 nitrogen and oxygen atoms in total. The molecule has 0 fully saturated rings. The summed E-state index contributed by atoms with van der Waals surface area (Å²) < 4.78 is 9.75. The van der Waals surface area contributed by atoms with Crippen LogP contribution in [0.2, 0.25) is 0 Å². The second-order valence-electron chi connectivity index (χ2n) is 1.77. The molecule has 0 aromatic heterocycles. The third-order valence-corrected chi connectivity index (χ3v) is 2.30. The molecule has 0 unspecified atom stereocenters. The van der Waals surface area contributed by atoms with E-state index < -0.39 is 0 Å². The second-order valence-corrected chi connectivity index (χ2v) is 3.64. The Balaban J connectivity index is 3.09. The number of benzene rings is 1. The highest BCUT2D eigenvalue weighted by atomic mass is 127. The Hall–Kier alpha value is 0.0600. The van der Waals surface area contributed by atoms with Gasteiger partial charge in [0.05, 0.1) is 4.90 Å². The minimum Gasteiger partial charge on any atom is -0.398 e. The van der Waals surface area contributed by atoms with Crippen molar-refractivity contribution in [1.29, 1.82) is 0 Å². The fourth-order valence-electron chi connectivity index (χ4n) is 0.587. The first-order valence-electron chi connectivity index (χ1n) is 2.60. The first-order chi connectivity index (χ1) is 4.74. The number of hydrogen-bond donors (Lipinski definition) is 2. The lowest BCUT2D eigenvalue weighted by molar-refractivity contribution is 0.664. The Labute approximate surface area is 77.2 Å². The van der Waals surface area contributed by atoms with Gasteiger partial charge >= 0.3 is 0 Å². The third-order valence-electron chi connectivity index (χ3n) is 1.07. The molecule has 3 N–H and O–H groups in total. The largest absolute Gasteiger partial charge is 0.398 e. The molecule has 0 saturated heterocycles. The van der Waals surface area contributed by atoms with E-state index in [0.29, 0.717) is 22.6 Å². The van der Waals surface area contributed by atoms with E-state index in [-0.39, 0.29) is 0 Å². The van der Waals surface area contributed by atoms with Gasteiger partial charge in [-0.2, -0.15) is 0 Å². The smallest absolute Gasteiger partial charge is 0.0590 e. The maximum absolute atomic E-state index is 8.68. The molecule has 0 saturated carbocycles. The van der Waals surface area contributed by atoms with Crippen LogP contribution in [-0.4, -0.2) is 4.55 Å². The van der Waals surface area contributed by atoms with Crippen LogP contribution in [0.4, 0.5) is 5.69 Å². The summed E-state index contributed by atoms with van der Waals surface area (Å²) in [7, 11) is 0. The van der Waals surface area contributed by atoms with Gasteiger partial charge in [0.1, 0.15) is 0 Å². The van der Waals surface area contributed by atoms with Crippen LogP contribution in [0, 0.1) is 3.57 Å². The van der Waals surface area contributed by atoms with Gasteiger partial charge in [0.15, 0.2) is 0 Å².